The van der Waals surface area contributed by atoms with Gasteiger partial charge in [-0.05, 0) is 37.5 Å². The molecule has 3 rings (SSSR count). The highest BCUT2D eigenvalue weighted by molar-refractivity contribution is 8.00. The van der Waals surface area contributed by atoms with Crippen molar-refractivity contribution in [2.45, 2.75) is 58.2 Å². The van der Waals surface area contributed by atoms with Crippen LogP contribution in [0, 0.1) is 5.92 Å². The predicted molar refractivity (Wildman–Crippen MR) is 96.9 cm³/mol. The van der Waals surface area contributed by atoms with Gasteiger partial charge in [-0.3, -0.25) is 0 Å². The minimum absolute atomic E-state index is 0.0419. The van der Waals surface area contributed by atoms with Gasteiger partial charge in [0.2, 0.25) is 0 Å². The first kappa shape index (κ1) is 16.1. The summed E-state index contributed by atoms with van der Waals surface area (Å²) < 4.78 is 5.92. The van der Waals surface area contributed by atoms with Crippen molar-refractivity contribution in [2.75, 3.05) is 11.1 Å². The summed E-state index contributed by atoms with van der Waals surface area (Å²) in [4.78, 5) is 5.95. The number of fused-ring (bicyclic) bond motifs is 3. The summed E-state index contributed by atoms with van der Waals surface area (Å²) in [5, 5.41) is 4.71. The van der Waals surface area contributed by atoms with E-state index in [1.54, 1.807) is 11.3 Å². The summed E-state index contributed by atoms with van der Waals surface area (Å²) in [6, 6.07) is 0. The van der Waals surface area contributed by atoms with Crippen LogP contribution in [0.5, 0.6) is 0 Å². The Morgan fingerprint density at radius 1 is 1.50 bits per heavy atom. The lowest BCUT2D eigenvalue weighted by atomic mass is 9.92. The second kappa shape index (κ2) is 6.06. The molecular weight excluding hydrogens is 314 g/mol. The summed E-state index contributed by atoms with van der Waals surface area (Å²) >= 11 is 3.61. The minimum atomic E-state index is -0.120. The third-order valence-corrected chi connectivity index (χ3v) is 6.17. The van der Waals surface area contributed by atoms with E-state index in [0.717, 1.165) is 23.7 Å². The van der Waals surface area contributed by atoms with Crippen LogP contribution in [0.15, 0.2) is 4.99 Å². The van der Waals surface area contributed by atoms with Crippen LogP contribution in [0.4, 0.5) is 5.00 Å². The number of nitrogens with two attached hydrogens (primary N) is 1. The zero-order valence-corrected chi connectivity index (χ0v) is 15.4. The summed E-state index contributed by atoms with van der Waals surface area (Å²) in [6.45, 7) is 9.45. The zero-order valence-electron chi connectivity index (χ0n) is 13.7. The Morgan fingerprint density at radius 2 is 2.27 bits per heavy atom. The molecule has 0 amide bonds. The van der Waals surface area contributed by atoms with Gasteiger partial charge in [-0.2, -0.15) is 0 Å². The van der Waals surface area contributed by atoms with Crippen molar-refractivity contribution in [3.8, 4) is 0 Å². The molecule has 0 saturated carbocycles. The van der Waals surface area contributed by atoms with Crippen LogP contribution in [0.3, 0.4) is 0 Å². The smallest absolute Gasteiger partial charge is 0.169 e. The monoisotopic (exact) mass is 339 g/mol. The number of thioether (sulfide) groups is 1. The molecule has 0 radical (unpaired) electrons. The number of ether oxygens (including phenoxy) is 1. The zero-order chi connectivity index (χ0) is 15.9. The largest absolute Gasteiger partial charge is 0.383 e. The third kappa shape index (κ3) is 3.29. The Morgan fingerprint density at radius 3 is 3.00 bits per heavy atom. The maximum atomic E-state index is 6.29. The molecule has 2 aliphatic heterocycles. The van der Waals surface area contributed by atoms with Gasteiger partial charge in [0.15, 0.2) is 5.50 Å². The molecule has 1 unspecified atom stereocenters. The van der Waals surface area contributed by atoms with Gasteiger partial charge in [0.25, 0.3) is 0 Å². The molecule has 0 bridgehead atoms. The average Bonchev–Trinajstić information content (AvgIpc) is 2.75. The number of anilines is 1. The molecule has 6 heteroatoms. The number of nitrogens with one attached hydrogen (secondary N) is 1. The molecule has 0 saturated heterocycles. The average molecular weight is 340 g/mol. The Bertz CT molecular complexity index is 592. The van der Waals surface area contributed by atoms with Crippen molar-refractivity contribution >= 4 is 33.9 Å². The first-order chi connectivity index (χ1) is 10.4. The second-order valence-corrected chi connectivity index (χ2v) is 9.29. The molecule has 1 atom stereocenters. The number of nitrogens with zero attached hydrogens (tertiary/aromatic N) is 1. The molecule has 22 heavy (non-hydrogen) atoms. The Labute approximate surface area is 140 Å². The van der Waals surface area contributed by atoms with E-state index in [2.05, 4.69) is 38.0 Å². The van der Waals surface area contributed by atoms with Crippen molar-refractivity contribution in [3.05, 3.63) is 16.0 Å². The van der Waals surface area contributed by atoms with Gasteiger partial charge in [0.1, 0.15) is 10.8 Å². The van der Waals surface area contributed by atoms with Crippen LogP contribution < -0.4 is 11.1 Å². The minimum Gasteiger partial charge on any atom is -0.383 e. The van der Waals surface area contributed by atoms with Crippen molar-refractivity contribution < 1.29 is 4.74 Å². The van der Waals surface area contributed by atoms with Gasteiger partial charge >= 0.3 is 0 Å². The maximum Gasteiger partial charge on any atom is 0.169 e. The van der Waals surface area contributed by atoms with E-state index in [-0.39, 0.29) is 11.1 Å². The number of amidine groups is 1. The van der Waals surface area contributed by atoms with Crippen LogP contribution in [0.2, 0.25) is 0 Å². The quantitative estimate of drug-likeness (QED) is 0.876. The molecule has 2 aliphatic rings. The predicted octanol–water partition coefficient (Wildman–Crippen LogP) is 3.79. The highest BCUT2D eigenvalue weighted by Crippen LogP contribution is 2.42. The van der Waals surface area contributed by atoms with E-state index in [0.29, 0.717) is 12.4 Å². The van der Waals surface area contributed by atoms with Crippen LogP contribution in [0.1, 0.15) is 50.1 Å². The van der Waals surface area contributed by atoms with Crippen molar-refractivity contribution in [3.63, 3.8) is 0 Å². The first-order valence-corrected chi connectivity index (χ1v) is 9.72. The van der Waals surface area contributed by atoms with Gasteiger partial charge in [-0.25, -0.2) is 4.99 Å². The third-order valence-electron chi connectivity index (χ3n) is 4.03. The number of hydrogen-bond donors (Lipinski definition) is 2. The molecule has 0 aliphatic carbocycles. The Balaban J connectivity index is 1.78. The fourth-order valence-corrected chi connectivity index (χ4v) is 5.21. The molecular formula is C16H25N3OS2. The van der Waals surface area contributed by atoms with Crippen molar-refractivity contribution in [1.82, 2.24) is 0 Å². The van der Waals surface area contributed by atoms with E-state index in [1.165, 1.54) is 21.9 Å². The molecule has 122 valence electrons. The highest BCUT2D eigenvalue weighted by Gasteiger charge is 2.34. The van der Waals surface area contributed by atoms with Crippen LogP contribution in [0.25, 0.3) is 0 Å². The van der Waals surface area contributed by atoms with Gasteiger partial charge in [-0.15, -0.1) is 23.1 Å². The van der Waals surface area contributed by atoms with Crippen LogP contribution >= 0.6 is 23.1 Å². The van der Waals surface area contributed by atoms with E-state index in [9.17, 15) is 0 Å². The standard InChI is InChI=1S/C16H25N3OS2/c1-9(2)5-6-21-15-18-13(17)12-10-7-16(3,4)20-8-11(10)22-14(12)19-15/h9,15,19H,5-8H2,1-4H3,(H2,17,18). The fraction of sp³-hybridized carbons (Fsp3) is 0.688. The van der Waals surface area contributed by atoms with E-state index < -0.39 is 0 Å². The number of aliphatic imine (C=N–C) groups is 1. The Hall–Kier alpha value is -0.720. The van der Waals surface area contributed by atoms with Crippen LogP contribution in [-0.4, -0.2) is 22.7 Å². The van der Waals surface area contributed by atoms with Crippen molar-refractivity contribution in [1.29, 1.82) is 0 Å². The van der Waals surface area contributed by atoms with Gasteiger partial charge < -0.3 is 15.8 Å². The molecule has 3 heterocycles. The summed E-state index contributed by atoms with van der Waals surface area (Å²) in [5.41, 5.74) is 8.66. The molecule has 4 nitrogen and oxygen atoms in total. The topological polar surface area (TPSA) is 59.6 Å². The SMILES string of the molecule is CC(C)CCSC1N=C(N)c2c(sc3c2CC(C)(C)OC3)N1. The fourth-order valence-electron chi connectivity index (χ4n) is 2.76. The summed E-state index contributed by atoms with van der Waals surface area (Å²) in [5.74, 6) is 2.51. The molecule has 0 spiro atoms. The number of hydrogen-bond acceptors (Lipinski definition) is 6. The molecule has 0 fully saturated rings. The molecule has 1 aromatic heterocycles. The van der Waals surface area contributed by atoms with E-state index in [1.807, 2.05) is 11.8 Å². The first-order valence-electron chi connectivity index (χ1n) is 7.86. The lowest BCUT2D eigenvalue weighted by molar-refractivity contribution is -0.0383. The van der Waals surface area contributed by atoms with E-state index >= 15 is 0 Å². The lowest BCUT2D eigenvalue weighted by Gasteiger charge is -2.30. The highest BCUT2D eigenvalue weighted by atomic mass is 32.2. The summed E-state index contributed by atoms with van der Waals surface area (Å²) in [6.07, 6.45) is 2.10. The van der Waals surface area contributed by atoms with Crippen molar-refractivity contribution in [2.24, 2.45) is 16.6 Å². The lowest BCUT2D eigenvalue weighted by Crippen LogP contribution is -2.33. The van der Waals surface area contributed by atoms with Gasteiger partial charge in [-0.1, -0.05) is 13.8 Å². The van der Waals surface area contributed by atoms with Gasteiger partial charge in [0.05, 0.1) is 17.8 Å². The normalized spacial score (nSPS) is 22.8. The number of rotatable bonds is 4. The number of thiophene rings is 1. The van der Waals surface area contributed by atoms with Gasteiger partial charge in [0, 0.05) is 11.3 Å². The molecule has 1 aromatic rings. The van der Waals surface area contributed by atoms with E-state index in [4.69, 9.17) is 10.5 Å². The van der Waals surface area contributed by atoms with Crippen LogP contribution in [-0.2, 0) is 17.8 Å². The molecule has 3 N–H and O–H groups in total. The molecule has 0 aromatic carbocycles. The Kier molecular flexibility index (Phi) is 4.45. The maximum absolute atomic E-state index is 6.29. The second-order valence-electron chi connectivity index (χ2n) is 7.00. The summed E-state index contributed by atoms with van der Waals surface area (Å²) in [7, 11) is 0.